The smallest absolute Gasteiger partial charge is 0.255 e. The van der Waals surface area contributed by atoms with Crippen LogP contribution >= 0.6 is 0 Å². The molecule has 1 aliphatic carbocycles. The van der Waals surface area contributed by atoms with Crippen LogP contribution < -0.4 is 15.4 Å². The van der Waals surface area contributed by atoms with Crippen LogP contribution in [0.2, 0.25) is 0 Å². The second-order valence-corrected chi connectivity index (χ2v) is 5.85. The number of aliphatic hydroxyl groups excluding tert-OH is 1. The first-order valence-corrected chi connectivity index (χ1v) is 7.70. The van der Waals surface area contributed by atoms with Crippen molar-refractivity contribution in [1.82, 2.24) is 5.32 Å². The molecule has 1 heterocycles. The molecule has 2 atom stereocenters. The SMILES string of the molecule is O=C(NCC1CCCC(O)C1)c1cccc2c1OCCN2. The molecule has 2 aliphatic rings. The first-order valence-electron chi connectivity index (χ1n) is 7.70. The van der Waals surface area contributed by atoms with E-state index in [4.69, 9.17) is 4.74 Å². The molecule has 0 aromatic heterocycles. The minimum absolute atomic E-state index is 0.101. The fourth-order valence-electron chi connectivity index (χ4n) is 3.13. The molecule has 0 bridgehead atoms. The lowest BCUT2D eigenvalue weighted by Gasteiger charge is -2.26. The average molecular weight is 290 g/mol. The average Bonchev–Trinajstić information content (AvgIpc) is 2.52. The number of hydrogen-bond donors (Lipinski definition) is 3. The normalized spacial score (nSPS) is 24.4. The third kappa shape index (κ3) is 3.29. The van der Waals surface area contributed by atoms with E-state index in [2.05, 4.69) is 10.6 Å². The first kappa shape index (κ1) is 14.2. The lowest BCUT2D eigenvalue weighted by Crippen LogP contribution is -2.33. The molecule has 5 nitrogen and oxygen atoms in total. The number of anilines is 1. The summed E-state index contributed by atoms with van der Waals surface area (Å²) in [6.07, 6.45) is 3.57. The third-order valence-electron chi connectivity index (χ3n) is 4.23. The third-order valence-corrected chi connectivity index (χ3v) is 4.23. The van der Waals surface area contributed by atoms with Gasteiger partial charge in [0.05, 0.1) is 17.4 Å². The maximum absolute atomic E-state index is 12.4. The molecule has 5 heteroatoms. The van der Waals surface area contributed by atoms with Gasteiger partial charge in [-0.1, -0.05) is 12.5 Å². The van der Waals surface area contributed by atoms with E-state index in [1.807, 2.05) is 12.1 Å². The van der Waals surface area contributed by atoms with Crippen molar-refractivity contribution in [2.45, 2.75) is 31.8 Å². The van der Waals surface area contributed by atoms with Gasteiger partial charge in [-0.25, -0.2) is 0 Å². The number of nitrogens with one attached hydrogen (secondary N) is 2. The Hall–Kier alpha value is -1.75. The highest BCUT2D eigenvalue weighted by Crippen LogP contribution is 2.31. The fraction of sp³-hybridized carbons (Fsp3) is 0.562. The van der Waals surface area contributed by atoms with Crippen molar-refractivity contribution in [3.8, 4) is 5.75 Å². The van der Waals surface area contributed by atoms with Crippen LogP contribution in [0.15, 0.2) is 18.2 Å². The molecule has 114 valence electrons. The van der Waals surface area contributed by atoms with Crippen molar-refractivity contribution in [1.29, 1.82) is 0 Å². The zero-order valence-corrected chi connectivity index (χ0v) is 12.1. The Morgan fingerprint density at radius 3 is 3.19 bits per heavy atom. The van der Waals surface area contributed by atoms with Crippen LogP contribution in [-0.4, -0.2) is 36.8 Å². The van der Waals surface area contributed by atoms with Crippen LogP contribution in [-0.2, 0) is 0 Å². The standard InChI is InChI=1S/C16H22N2O3/c19-12-4-1-3-11(9-12)10-18-16(20)13-5-2-6-14-15(13)21-8-7-17-14/h2,5-6,11-12,17,19H,1,3-4,7-10H2,(H,18,20). The van der Waals surface area contributed by atoms with Crippen molar-refractivity contribution in [3.63, 3.8) is 0 Å². The largest absolute Gasteiger partial charge is 0.489 e. The predicted molar refractivity (Wildman–Crippen MR) is 80.7 cm³/mol. The summed E-state index contributed by atoms with van der Waals surface area (Å²) >= 11 is 0. The summed E-state index contributed by atoms with van der Waals surface area (Å²) in [6, 6.07) is 5.57. The highest BCUT2D eigenvalue weighted by Gasteiger charge is 2.22. The molecule has 21 heavy (non-hydrogen) atoms. The van der Waals surface area contributed by atoms with E-state index in [1.54, 1.807) is 6.07 Å². The van der Waals surface area contributed by atoms with Gasteiger partial charge in [-0.2, -0.15) is 0 Å². The van der Waals surface area contributed by atoms with Crippen molar-refractivity contribution in [3.05, 3.63) is 23.8 Å². The van der Waals surface area contributed by atoms with Crippen LogP contribution in [0, 0.1) is 5.92 Å². The number of para-hydroxylation sites is 1. The topological polar surface area (TPSA) is 70.6 Å². The summed E-state index contributed by atoms with van der Waals surface area (Å²) in [4.78, 5) is 12.4. The van der Waals surface area contributed by atoms with Crippen LogP contribution in [0.1, 0.15) is 36.0 Å². The molecular formula is C16H22N2O3. The fourth-order valence-corrected chi connectivity index (χ4v) is 3.13. The lowest BCUT2D eigenvalue weighted by molar-refractivity contribution is 0.0871. The monoisotopic (exact) mass is 290 g/mol. The van der Waals surface area contributed by atoms with Crippen molar-refractivity contribution in [2.24, 2.45) is 5.92 Å². The van der Waals surface area contributed by atoms with E-state index in [9.17, 15) is 9.90 Å². The maximum Gasteiger partial charge on any atom is 0.255 e. The highest BCUT2D eigenvalue weighted by atomic mass is 16.5. The Balaban J connectivity index is 1.63. The van der Waals surface area contributed by atoms with Crippen LogP contribution in [0.25, 0.3) is 0 Å². The van der Waals surface area contributed by atoms with Gasteiger partial charge >= 0.3 is 0 Å². The number of rotatable bonds is 3. The van der Waals surface area contributed by atoms with Gasteiger partial charge in [-0.05, 0) is 37.3 Å². The quantitative estimate of drug-likeness (QED) is 0.793. The lowest BCUT2D eigenvalue weighted by atomic mass is 9.87. The summed E-state index contributed by atoms with van der Waals surface area (Å²) in [6.45, 7) is 1.96. The number of carbonyl (C=O) groups excluding carboxylic acids is 1. The molecule has 3 rings (SSSR count). The molecule has 1 saturated carbocycles. The van der Waals surface area contributed by atoms with E-state index in [0.29, 0.717) is 30.4 Å². The minimum Gasteiger partial charge on any atom is -0.489 e. The number of fused-ring (bicyclic) bond motifs is 1. The maximum atomic E-state index is 12.4. The minimum atomic E-state index is -0.210. The van der Waals surface area contributed by atoms with Gasteiger partial charge in [0, 0.05) is 13.1 Å². The first-order chi connectivity index (χ1) is 10.2. The molecule has 2 unspecified atom stereocenters. The van der Waals surface area contributed by atoms with Gasteiger partial charge in [-0.3, -0.25) is 4.79 Å². The second kappa shape index (κ2) is 6.35. The van der Waals surface area contributed by atoms with Crippen LogP contribution in [0.4, 0.5) is 5.69 Å². The molecule has 1 amide bonds. The van der Waals surface area contributed by atoms with Crippen LogP contribution in [0.5, 0.6) is 5.75 Å². The molecule has 0 radical (unpaired) electrons. The summed E-state index contributed by atoms with van der Waals surface area (Å²) in [5, 5.41) is 15.9. The number of benzene rings is 1. The number of carbonyl (C=O) groups is 1. The number of amides is 1. The number of aliphatic hydroxyl groups is 1. The summed E-state index contributed by atoms with van der Waals surface area (Å²) < 4.78 is 5.62. The van der Waals surface area contributed by atoms with Gasteiger partial charge in [0.25, 0.3) is 5.91 Å². The predicted octanol–water partition coefficient (Wildman–Crippen LogP) is 1.77. The van der Waals surface area contributed by atoms with Gasteiger partial charge in [0.1, 0.15) is 6.61 Å². The zero-order chi connectivity index (χ0) is 14.7. The zero-order valence-electron chi connectivity index (χ0n) is 12.1. The molecule has 1 fully saturated rings. The van der Waals surface area contributed by atoms with Crippen LogP contribution in [0.3, 0.4) is 0 Å². The molecule has 1 aromatic carbocycles. The number of ether oxygens (including phenoxy) is 1. The van der Waals surface area contributed by atoms with E-state index in [0.717, 1.165) is 37.9 Å². The summed E-state index contributed by atoms with van der Waals surface area (Å²) in [5.41, 5.74) is 1.46. The molecule has 3 N–H and O–H groups in total. The highest BCUT2D eigenvalue weighted by molar-refractivity contribution is 5.98. The summed E-state index contributed by atoms with van der Waals surface area (Å²) in [5.74, 6) is 0.914. The molecular weight excluding hydrogens is 268 g/mol. The molecule has 1 aromatic rings. The molecule has 1 aliphatic heterocycles. The van der Waals surface area contributed by atoms with E-state index < -0.39 is 0 Å². The second-order valence-electron chi connectivity index (χ2n) is 5.85. The van der Waals surface area contributed by atoms with E-state index in [1.165, 1.54) is 0 Å². The van der Waals surface area contributed by atoms with Gasteiger partial charge in [-0.15, -0.1) is 0 Å². The van der Waals surface area contributed by atoms with E-state index in [-0.39, 0.29) is 12.0 Å². The van der Waals surface area contributed by atoms with Gasteiger partial charge < -0.3 is 20.5 Å². The Kier molecular flexibility index (Phi) is 4.29. The van der Waals surface area contributed by atoms with E-state index >= 15 is 0 Å². The van der Waals surface area contributed by atoms with Gasteiger partial charge in [0.15, 0.2) is 5.75 Å². The van der Waals surface area contributed by atoms with Gasteiger partial charge in [0.2, 0.25) is 0 Å². The molecule has 0 spiro atoms. The summed E-state index contributed by atoms with van der Waals surface area (Å²) in [7, 11) is 0. The number of hydrogen-bond acceptors (Lipinski definition) is 4. The van der Waals surface area contributed by atoms with Crippen molar-refractivity contribution < 1.29 is 14.6 Å². The molecule has 0 saturated heterocycles. The Morgan fingerprint density at radius 1 is 1.43 bits per heavy atom. The Bertz CT molecular complexity index is 518. The van der Waals surface area contributed by atoms with Crippen molar-refractivity contribution in [2.75, 3.05) is 25.0 Å². The Labute approximate surface area is 124 Å². The Morgan fingerprint density at radius 2 is 2.33 bits per heavy atom. The van der Waals surface area contributed by atoms with Crippen molar-refractivity contribution >= 4 is 11.6 Å².